The molecule has 0 aromatic carbocycles. The molecule has 0 aliphatic rings. The molecule has 0 aromatic rings. The van der Waals surface area contributed by atoms with Gasteiger partial charge in [0.15, 0.2) is 6.10 Å². The second-order valence-corrected chi connectivity index (χ2v) is 20.3. The van der Waals surface area contributed by atoms with Gasteiger partial charge < -0.3 is 14.2 Å². The lowest BCUT2D eigenvalue weighted by molar-refractivity contribution is -0.167. The number of carbonyl (C=O) groups excluding carboxylic acids is 3. The van der Waals surface area contributed by atoms with Crippen molar-refractivity contribution >= 4 is 17.9 Å². The van der Waals surface area contributed by atoms with Gasteiger partial charge in [-0.05, 0) is 31.1 Å². The summed E-state index contributed by atoms with van der Waals surface area (Å²) in [5.41, 5.74) is 0. The normalized spacial score (nSPS) is 12.5. The molecule has 2 atom stereocenters. The molecule has 6 heteroatoms. The molecule has 0 amide bonds. The molecule has 0 N–H and O–H groups in total. The first-order valence-corrected chi connectivity index (χ1v) is 28.3. The first-order chi connectivity index (χ1) is 30.8. The van der Waals surface area contributed by atoms with Gasteiger partial charge in [0, 0.05) is 19.3 Å². The Morgan fingerprint density at radius 3 is 0.905 bits per heavy atom. The van der Waals surface area contributed by atoms with E-state index in [2.05, 4.69) is 34.6 Å². The Balaban J connectivity index is 4.23. The predicted molar refractivity (Wildman–Crippen MR) is 270 cm³/mol. The van der Waals surface area contributed by atoms with Crippen LogP contribution in [0, 0.1) is 11.8 Å². The van der Waals surface area contributed by atoms with Crippen molar-refractivity contribution in [3.05, 3.63) is 0 Å². The van der Waals surface area contributed by atoms with E-state index in [4.69, 9.17) is 14.2 Å². The average molecular weight is 892 g/mol. The second-order valence-electron chi connectivity index (χ2n) is 20.3. The fourth-order valence-corrected chi connectivity index (χ4v) is 8.66. The summed E-state index contributed by atoms with van der Waals surface area (Å²) in [4.78, 5) is 38.0. The van der Waals surface area contributed by atoms with E-state index < -0.39 is 6.10 Å². The largest absolute Gasteiger partial charge is 0.462 e. The van der Waals surface area contributed by atoms with Crippen LogP contribution in [0.5, 0.6) is 0 Å². The molecule has 0 aliphatic carbocycles. The molecular formula is C57H110O6. The second kappa shape index (κ2) is 49.8. The molecule has 0 heterocycles. The van der Waals surface area contributed by atoms with E-state index in [0.717, 1.165) is 69.6 Å². The van der Waals surface area contributed by atoms with Crippen molar-refractivity contribution in [2.75, 3.05) is 13.2 Å². The molecule has 0 rings (SSSR count). The molecule has 0 saturated carbocycles. The van der Waals surface area contributed by atoms with Gasteiger partial charge in [0.1, 0.15) is 13.2 Å². The van der Waals surface area contributed by atoms with Crippen molar-refractivity contribution in [3.8, 4) is 0 Å². The van der Waals surface area contributed by atoms with Crippen LogP contribution in [-0.2, 0) is 28.6 Å². The lowest BCUT2D eigenvalue weighted by Gasteiger charge is -2.18. The van der Waals surface area contributed by atoms with E-state index in [1.807, 2.05) is 0 Å². The highest BCUT2D eigenvalue weighted by atomic mass is 16.6. The Bertz CT molecular complexity index is 964. The minimum absolute atomic E-state index is 0.0639. The fourth-order valence-electron chi connectivity index (χ4n) is 8.66. The van der Waals surface area contributed by atoms with Crippen LogP contribution in [0.2, 0.25) is 0 Å². The number of ether oxygens (including phenoxy) is 3. The van der Waals surface area contributed by atoms with Gasteiger partial charge in [-0.15, -0.1) is 0 Å². The van der Waals surface area contributed by atoms with E-state index >= 15 is 0 Å². The number of esters is 3. The summed E-state index contributed by atoms with van der Waals surface area (Å²) in [6.45, 7) is 11.4. The monoisotopic (exact) mass is 891 g/mol. The molecule has 0 radical (unpaired) electrons. The average Bonchev–Trinajstić information content (AvgIpc) is 3.27. The highest BCUT2D eigenvalue weighted by Gasteiger charge is 2.19. The highest BCUT2D eigenvalue weighted by Crippen LogP contribution is 2.18. The lowest BCUT2D eigenvalue weighted by atomic mass is 10.00. The fraction of sp³-hybridized carbons (Fsp3) is 0.947. The smallest absolute Gasteiger partial charge is 0.306 e. The van der Waals surface area contributed by atoms with Gasteiger partial charge in [0.25, 0.3) is 0 Å². The summed E-state index contributed by atoms with van der Waals surface area (Å²) in [5.74, 6) is 0.813. The molecule has 0 spiro atoms. The third-order valence-electron chi connectivity index (χ3n) is 13.3. The van der Waals surface area contributed by atoms with Crippen LogP contribution in [0.25, 0.3) is 0 Å². The summed E-state index contributed by atoms with van der Waals surface area (Å²) in [6.07, 6.45) is 52.4. The Labute approximate surface area is 393 Å². The van der Waals surface area contributed by atoms with Crippen molar-refractivity contribution in [2.45, 2.75) is 323 Å². The van der Waals surface area contributed by atoms with Gasteiger partial charge in [-0.25, -0.2) is 0 Å². The maximum atomic E-state index is 12.8. The molecule has 6 nitrogen and oxygen atoms in total. The Morgan fingerprint density at radius 1 is 0.333 bits per heavy atom. The number of hydrogen-bond donors (Lipinski definition) is 0. The van der Waals surface area contributed by atoms with Crippen molar-refractivity contribution in [1.82, 2.24) is 0 Å². The van der Waals surface area contributed by atoms with Gasteiger partial charge in [-0.3, -0.25) is 14.4 Å². The minimum atomic E-state index is -0.763. The topological polar surface area (TPSA) is 78.9 Å². The van der Waals surface area contributed by atoms with Crippen molar-refractivity contribution < 1.29 is 28.6 Å². The van der Waals surface area contributed by atoms with Crippen LogP contribution in [0.15, 0.2) is 0 Å². The van der Waals surface area contributed by atoms with Crippen LogP contribution in [0.4, 0.5) is 0 Å². The van der Waals surface area contributed by atoms with E-state index in [-0.39, 0.29) is 31.1 Å². The number of rotatable bonds is 51. The van der Waals surface area contributed by atoms with E-state index in [1.54, 1.807) is 0 Å². The molecule has 0 aromatic heterocycles. The molecule has 63 heavy (non-hydrogen) atoms. The summed E-state index contributed by atoms with van der Waals surface area (Å²) in [6, 6.07) is 0. The summed E-state index contributed by atoms with van der Waals surface area (Å²) < 4.78 is 16.9. The number of carbonyl (C=O) groups is 3. The van der Waals surface area contributed by atoms with Crippen LogP contribution in [-0.4, -0.2) is 37.2 Å². The van der Waals surface area contributed by atoms with E-state index in [1.165, 1.54) is 205 Å². The van der Waals surface area contributed by atoms with Crippen LogP contribution in [0.3, 0.4) is 0 Å². The molecule has 374 valence electrons. The predicted octanol–water partition coefficient (Wildman–Crippen LogP) is 18.5. The molecular weight excluding hydrogens is 781 g/mol. The lowest BCUT2D eigenvalue weighted by Crippen LogP contribution is -2.30. The van der Waals surface area contributed by atoms with Gasteiger partial charge in [0.2, 0.25) is 0 Å². The van der Waals surface area contributed by atoms with E-state index in [0.29, 0.717) is 19.3 Å². The third-order valence-corrected chi connectivity index (χ3v) is 13.3. The molecule has 0 fully saturated rings. The van der Waals surface area contributed by atoms with E-state index in [9.17, 15) is 14.4 Å². The Hall–Kier alpha value is -1.59. The van der Waals surface area contributed by atoms with Gasteiger partial charge in [-0.1, -0.05) is 279 Å². The van der Waals surface area contributed by atoms with Crippen LogP contribution in [0.1, 0.15) is 317 Å². The third kappa shape index (κ3) is 49.7. The summed E-state index contributed by atoms with van der Waals surface area (Å²) >= 11 is 0. The Kier molecular flexibility index (Phi) is 48.6. The maximum absolute atomic E-state index is 12.8. The number of unbranched alkanes of at least 4 members (excludes halogenated alkanes) is 35. The molecule has 1 unspecified atom stereocenters. The zero-order valence-corrected chi connectivity index (χ0v) is 43.2. The molecule has 0 aliphatic heterocycles. The highest BCUT2D eigenvalue weighted by molar-refractivity contribution is 5.71. The van der Waals surface area contributed by atoms with Gasteiger partial charge in [0.05, 0.1) is 0 Å². The number of hydrogen-bond acceptors (Lipinski definition) is 6. The van der Waals surface area contributed by atoms with Gasteiger partial charge >= 0.3 is 17.9 Å². The first kappa shape index (κ1) is 61.4. The zero-order valence-electron chi connectivity index (χ0n) is 43.2. The summed E-state index contributed by atoms with van der Waals surface area (Å²) in [5, 5.41) is 0. The maximum Gasteiger partial charge on any atom is 0.306 e. The van der Waals surface area contributed by atoms with Crippen LogP contribution < -0.4 is 0 Å². The molecule has 0 bridgehead atoms. The van der Waals surface area contributed by atoms with Gasteiger partial charge in [-0.2, -0.15) is 0 Å². The standard InChI is InChI=1S/C57H110O6/c1-6-8-9-10-11-12-13-14-15-16-19-22-25-28-31-37-42-47-55(58)61-50-54(63-57(60)49-44-39-34-33-36-41-46-53(5)7-2)51-62-56(59)48-43-38-32-29-26-23-20-17-18-21-24-27-30-35-40-45-52(3)4/h52-54H,6-51H2,1-5H3/t53?,54-/m0/s1. The minimum Gasteiger partial charge on any atom is -0.462 e. The van der Waals surface area contributed by atoms with Crippen molar-refractivity contribution in [1.29, 1.82) is 0 Å². The van der Waals surface area contributed by atoms with Crippen molar-refractivity contribution in [3.63, 3.8) is 0 Å². The first-order valence-electron chi connectivity index (χ1n) is 28.3. The summed E-state index contributed by atoms with van der Waals surface area (Å²) in [7, 11) is 0. The van der Waals surface area contributed by atoms with Crippen molar-refractivity contribution in [2.24, 2.45) is 11.8 Å². The molecule has 0 saturated heterocycles. The van der Waals surface area contributed by atoms with Crippen LogP contribution >= 0.6 is 0 Å². The zero-order chi connectivity index (χ0) is 46.1. The SMILES string of the molecule is CCCCCCCCCCCCCCCCCCCC(=O)OC[C@@H](COC(=O)CCCCCCCCCCCCCCCCCC(C)C)OC(=O)CCCCCCCCC(C)CC. The Morgan fingerprint density at radius 2 is 0.603 bits per heavy atom. The quantitative estimate of drug-likeness (QED) is 0.0344.